The van der Waals surface area contributed by atoms with Crippen molar-refractivity contribution in [3.05, 3.63) is 53.6 Å². The van der Waals surface area contributed by atoms with Gasteiger partial charge in [-0.25, -0.2) is 8.42 Å². The van der Waals surface area contributed by atoms with Crippen LogP contribution in [0.3, 0.4) is 0 Å². The standard InChI is InChI=1S/C17H16ClNO5S/c1-3-24-15-9-8-14(10-16(15)25(18,22)23)19-17(21)13-6-4-12(5-7-13)11(2)20/h4-10H,3H2,1-2H3,(H,19,21). The summed E-state index contributed by atoms with van der Waals surface area (Å²) in [5.41, 5.74) is 1.07. The summed E-state index contributed by atoms with van der Waals surface area (Å²) < 4.78 is 28.6. The van der Waals surface area contributed by atoms with Crippen LogP contribution in [0.4, 0.5) is 5.69 Å². The van der Waals surface area contributed by atoms with E-state index < -0.39 is 15.0 Å². The van der Waals surface area contributed by atoms with E-state index >= 15 is 0 Å². The van der Waals surface area contributed by atoms with Gasteiger partial charge in [-0.1, -0.05) is 12.1 Å². The monoisotopic (exact) mass is 381 g/mol. The van der Waals surface area contributed by atoms with E-state index in [9.17, 15) is 18.0 Å². The molecule has 25 heavy (non-hydrogen) atoms. The van der Waals surface area contributed by atoms with E-state index in [1.807, 2.05) is 0 Å². The highest BCUT2D eigenvalue weighted by Crippen LogP contribution is 2.30. The molecule has 0 spiro atoms. The maximum atomic E-state index is 12.3. The van der Waals surface area contributed by atoms with Gasteiger partial charge in [0.25, 0.3) is 15.0 Å². The van der Waals surface area contributed by atoms with Gasteiger partial charge in [0, 0.05) is 27.5 Å². The first-order valence-corrected chi connectivity index (χ1v) is 9.67. The van der Waals surface area contributed by atoms with E-state index in [1.165, 1.54) is 37.3 Å². The Balaban J connectivity index is 2.27. The van der Waals surface area contributed by atoms with Crippen LogP contribution in [0.1, 0.15) is 34.6 Å². The van der Waals surface area contributed by atoms with Crippen LogP contribution in [0.5, 0.6) is 5.75 Å². The Labute approximate surface area is 150 Å². The first-order valence-electron chi connectivity index (χ1n) is 7.36. The first-order chi connectivity index (χ1) is 11.7. The molecular formula is C17H16ClNO5S. The van der Waals surface area contributed by atoms with E-state index in [1.54, 1.807) is 19.1 Å². The smallest absolute Gasteiger partial charge is 0.265 e. The number of benzene rings is 2. The number of amides is 1. The van der Waals surface area contributed by atoms with Gasteiger partial charge in [-0.05, 0) is 44.2 Å². The molecule has 0 atom stereocenters. The molecule has 0 saturated carbocycles. The van der Waals surface area contributed by atoms with Gasteiger partial charge in [-0.3, -0.25) is 9.59 Å². The van der Waals surface area contributed by atoms with Gasteiger partial charge in [0.05, 0.1) is 6.61 Å². The second-order valence-corrected chi connectivity index (χ2v) is 7.65. The lowest BCUT2D eigenvalue weighted by Crippen LogP contribution is -2.12. The summed E-state index contributed by atoms with van der Waals surface area (Å²) in [7, 11) is 1.38. The summed E-state index contributed by atoms with van der Waals surface area (Å²) in [6, 6.07) is 10.3. The van der Waals surface area contributed by atoms with Crippen LogP contribution >= 0.6 is 10.7 Å². The van der Waals surface area contributed by atoms with Gasteiger partial charge in [0.1, 0.15) is 10.6 Å². The van der Waals surface area contributed by atoms with E-state index in [0.29, 0.717) is 11.1 Å². The molecule has 0 fully saturated rings. The van der Waals surface area contributed by atoms with Crippen molar-refractivity contribution in [1.29, 1.82) is 0 Å². The Hall–Kier alpha value is -2.38. The average Bonchev–Trinajstić information content (AvgIpc) is 2.55. The lowest BCUT2D eigenvalue weighted by molar-refractivity contribution is 0.100. The third-order valence-corrected chi connectivity index (χ3v) is 4.66. The van der Waals surface area contributed by atoms with E-state index in [0.717, 1.165) is 0 Å². The molecule has 1 amide bonds. The number of Topliss-reactive ketones (excluding diaryl/α,β-unsaturated/α-hetero) is 1. The zero-order valence-electron chi connectivity index (χ0n) is 13.6. The number of carbonyl (C=O) groups excluding carboxylic acids is 2. The molecule has 0 aliphatic heterocycles. The molecule has 6 nitrogen and oxygen atoms in total. The second kappa shape index (κ2) is 7.67. The van der Waals surface area contributed by atoms with Gasteiger partial charge in [-0.15, -0.1) is 0 Å². The van der Waals surface area contributed by atoms with Crippen LogP contribution in [0.15, 0.2) is 47.4 Å². The highest BCUT2D eigenvalue weighted by molar-refractivity contribution is 8.13. The highest BCUT2D eigenvalue weighted by atomic mass is 35.7. The number of rotatable bonds is 6. The number of ketones is 1. The molecule has 0 aromatic heterocycles. The molecule has 0 heterocycles. The minimum absolute atomic E-state index is 0.101. The second-order valence-electron chi connectivity index (χ2n) is 5.12. The number of ether oxygens (including phenoxy) is 1. The number of hydrogen-bond acceptors (Lipinski definition) is 5. The largest absolute Gasteiger partial charge is 0.492 e. The van der Waals surface area contributed by atoms with Gasteiger partial charge < -0.3 is 10.1 Å². The Morgan fingerprint density at radius 2 is 1.68 bits per heavy atom. The Bertz CT molecular complexity index is 907. The van der Waals surface area contributed by atoms with Gasteiger partial charge >= 0.3 is 0 Å². The Morgan fingerprint density at radius 1 is 1.08 bits per heavy atom. The van der Waals surface area contributed by atoms with Crippen LogP contribution < -0.4 is 10.1 Å². The quantitative estimate of drug-likeness (QED) is 0.611. The minimum Gasteiger partial charge on any atom is -0.492 e. The topological polar surface area (TPSA) is 89.5 Å². The van der Waals surface area contributed by atoms with Crippen molar-refractivity contribution in [1.82, 2.24) is 0 Å². The summed E-state index contributed by atoms with van der Waals surface area (Å²) in [6.45, 7) is 3.42. The maximum absolute atomic E-state index is 12.3. The molecule has 1 N–H and O–H groups in total. The fourth-order valence-corrected chi connectivity index (χ4v) is 3.11. The van der Waals surface area contributed by atoms with Crippen LogP contribution in [-0.2, 0) is 9.05 Å². The number of hydrogen-bond donors (Lipinski definition) is 1. The number of anilines is 1. The number of halogens is 1. The normalized spacial score (nSPS) is 11.0. The summed E-state index contributed by atoms with van der Waals surface area (Å²) in [6.07, 6.45) is 0. The van der Waals surface area contributed by atoms with E-state index in [4.69, 9.17) is 15.4 Å². The summed E-state index contributed by atoms with van der Waals surface area (Å²) in [4.78, 5) is 23.3. The van der Waals surface area contributed by atoms with Gasteiger partial charge in [0.15, 0.2) is 5.78 Å². The fraction of sp³-hybridized carbons (Fsp3) is 0.176. The first kappa shape index (κ1) is 19.0. The van der Waals surface area contributed by atoms with Crippen LogP contribution in [-0.4, -0.2) is 26.7 Å². The number of carbonyl (C=O) groups is 2. The van der Waals surface area contributed by atoms with E-state index in [2.05, 4.69) is 5.32 Å². The van der Waals surface area contributed by atoms with Crippen molar-refractivity contribution in [2.75, 3.05) is 11.9 Å². The van der Waals surface area contributed by atoms with Crippen molar-refractivity contribution in [3.63, 3.8) is 0 Å². The number of nitrogens with one attached hydrogen (secondary N) is 1. The third kappa shape index (κ3) is 4.80. The van der Waals surface area contributed by atoms with Gasteiger partial charge in [-0.2, -0.15) is 0 Å². The maximum Gasteiger partial charge on any atom is 0.265 e. The molecule has 8 heteroatoms. The Kier molecular flexibility index (Phi) is 5.81. The molecule has 0 radical (unpaired) electrons. The molecular weight excluding hydrogens is 366 g/mol. The van der Waals surface area contributed by atoms with Crippen molar-refractivity contribution in [2.45, 2.75) is 18.7 Å². The van der Waals surface area contributed by atoms with Crippen molar-refractivity contribution in [3.8, 4) is 5.75 Å². The zero-order valence-corrected chi connectivity index (χ0v) is 15.1. The summed E-state index contributed by atoms with van der Waals surface area (Å²) in [5.74, 6) is -0.436. The summed E-state index contributed by atoms with van der Waals surface area (Å²) >= 11 is 0. The predicted molar refractivity (Wildman–Crippen MR) is 95.0 cm³/mol. The zero-order chi connectivity index (χ0) is 18.6. The van der Waals surface area contributed by atoms with Crippen LogP contribution in [0.2, 0.25) is 0 Å². The minimum atomic E-state index is -4.04. The predicted octanol–water partition coefficient (Wildman–Crippen LogP) is 3.47. The van der Waals surface area contributed by atoms with Gasteiger partial charge in [0.2, 0.25) is 0 Å². The van der Waals surface area contributed by atoms with E-state index in [-0.39, 0.29) is 28.7 Å². The molecule has 0 aliphatic carbocycles. The molecule has 2 aromatic rings. The molecule has 0 unspecified atom stereocenters. The molecule has 2 aromatic carbocycles. The lowest BCUT2D eigenvalue weighted by atomic mass is 10.1. The SMILES string of the molecule is CCOc1ccc(NC(=O)c2ccc(C(C)=O)cc2)cc1S(=O)(=O)Cl. The van der Waals surface area contributed by atoms with Crippen LogP contribution in [0, 0.1) is 0 Å². The fourth-order valence-electron chi connectivity index (χ4n) is 2.11. The summed E-state index contributed by atoms with van der Waals surface area (Å²) in [5, 5.41) is 2.59. The molecule has 0 bridgehead atoms. The molecule has 0 saturated heterocycles. The Morgan fingerprint density at radius 3 is 2.20 bits per heavy atom. The molecule has 2 rings (SSSR count). The van der Waals surface area contributed by atoms with Crippen LogP contribution in [0.25, 0.3) is 0 Å². The van der Waals surface area contributed by atoms with Crippen molar-refractivity contribution >= 4 is 37.1 Å². The van der Waals surface area contributed by atoms with Crippen molar-refractivity contribution < 1.29 is 22.7 Å². The molecule has 132 valence electrons. The highest BCUT2D eigenvalue weighted by Gasteiger charge is 2.18. The average molecular weight is 382 g/mol. The third-order valence-electron chi connectivity index (χ3n) is 3.32. The lowest BCUT2D eigenvalue weighted by Gasteiger charge is -2.11. The molecule has 0 aliphatic rings. The van der Waals surface area contributed by atoms with Crippen molar-refractivity contribution in [2.24, 2.45) is 0 Å².